The van der Waals surface area contributed by atoms with Gasteiger partial charge in [-0.1, -0.05) is 54.6 Å². The summed E-state index contributed by atoms with van der Waals surface area (Å²) in [4.78, 5) is 0. The molecule has 1 aliphatic carbocycles. The Labute approximate surface area is 106 Å². The maximum atomic E-state index is 11.1. The zero-order valence-corrected chi connectivity index (χ0v) is 10.0. The van der Waals surface area contributed by atoms with Crippen LogP contribution < -0.4 is 5.73 Å². The second kappa shape index (κ2) is 3.80. The largest absolute Gasteiger partial charge is 0.378 e. The van der Waals surface area contributed by atoms with Gasteiger partial charge in [0.2, 0.25) is 0 Å². The molecule has 90 valence electrons. The standard InChI is InChI=1S/C16H15NO/c1-2-15(17)16(18)13-9-5-3-7-11(13)12-8-4-6-10-14(12)16/h2-10,15,18H,1,17H2. The van der Waals surface area contributed by atoms with E-state index in [0.29, 0.717) is 0 Å². The Bertz CT molecular complexity index is 572. The molecule has 3 rings (SSSR count). The molecule has 0 bridgehead atoms. The summed E-state index contributed by atoms with van der Waals surface area (Å²) in [5, 5.41) is 11.1. The smallest absolute Gasteiger partial charge is 0.134 e. The highest BCUT2D eigenvalue weighted by atomic mass is 16.3. The van der Waals surface area contributed by atoms with Crippen molar-refractivity contribution in [1.29, 1.82) is 0 Å². The lowest BCUT2D eigenvalue weighted by atomic mass is 9.84. The van der Waals surface area contributed by atoms with Crippen LogP contribution in [-0.4, -0.2) is 11.1 Å². The van der Waals surface area contributed by atoms with Gasteiger partial charge in [-0.25, -0.2) is 0 Å². The van der Waals surface area contributed by atoms with Crippen molar-refractivity contribution in [2.24, 2.45) is 5.73 Å². The predicted octanol–water partition coefficient (Wildman–Crippen LogP) is 2.42. The van der Waals surface area contributed by atoms with Crippen molar-refractivity contribution < 1.29 is 5.11 Å². The Morgan fingerprint density at radius 2 is 1.44 bits per heavy atom. The Morgan fingerprint density at radius 1 is 1.00 bits per heavy atom. The molecule has 2 aromatic carbocycles. The van der Waals surface area contributed by atoms with Crippen molar-refractivity contribution in [3.05, 3.63) is 72.3 Å². The fraction of sp³-hybridized carbons (Fsp3) is 0.125. The Hall–Kier alpha value is -1.90. The van der Waals surface area contributed by atoms with Gasteiger partial charge in [-0.05, 0) is 22.3 Å². The van der Waals surface area contributed by atoms with E-state index in [4.69, 9.17) is 5.73 Å². The van der Waals surface area contributed by atoms with E-state index in [-0.39, 0.29) is 0 Å². The van der Waals surface area contributed by atoms with Gasteiger partial charge in [-0.2, -0.15) is 0 Å². The molecule has 2 heteroatoms. The second-order valence-corrected chi connectivity index (χ2v) is 4.62. The van der Waals surface area contributed by atoms with E-state index in [1.807, 2.05) is 48.5 Å². The third-order valence-corrected chi connectivity index (χ3v) is 3.70. The average molecular weight is 237 g/mol. The number of hydrogen-bond acceptors (Lipinski definition) is 2. The third-order valence-electron chi connectivity index (χ3n) is 3.70. The van der Waals surface area contributed by atoms with Gasteiger partial charge in [0.15, 0.2) is 0 Å². The van der Waals surface area contributed by atoms with Gasteiger partial charge in [-0.15, -0.1) is 6.58 Å². The molecule has 0 heterocycles. The van der Waals surface area contributed by atoms with Crippen molar-refractivity contribution in [2.45, 2.75) is 11.6 Å². The molecule has 18 heavy (non-hydrogen) atoms. The molecule has 1 atom stereocenters. The highest BCUT2D eigenvalue weighted by molar-refractivity contribution is 5.80. The number of aliphatic hydroxyl groups is 1. The first-order chi connectivity index (χ1) is 8.69. The third kappa shape index (κ3) is 1.24. The van der Waals surface area contributed by atoms with Gasteiger partial charge in [-0.3, -0.25) is 0 Å². The van der Waals surface area contributed by atoms with Crippen LogP contribution in [0.1, 0.15) is 11.1 Å². The maximum absolute atomic E-state index is 11.1. The molecule has 0 fully saturated rings. The number of nitrogens with two attached hydrogens (primary N) is 1. The van der Waals surface area contributed by atoms with Crippen molar-refractivity contribution in [1.82, 2.24) is 0 Å². The van der Waals surface area contributed by atoms with Crippen LogP contribution in [0.5, 0.6) is 0 Å². The molecular formula is C16H15NO. The molecular weight excluding hydrogens is 222 g/mol. The number of benzene rings is 2. The van der Waals surface area contributed by atoms with E-state index in [9.17, 15) is 5.11 Å². The van der Waals surface area contributed by atoms with Crippen LogP contribution in [0.2, 0.25) is 0 Å². The van der Waals surface area contributed by atoms with E-state index in [2.05, 4.69) is 6.58 Å². The molecule has 1 aliphatic rings. The normalized spacial score (nSPS) is 16.8. The highest BCUT2D eigenvalue weighted by Gasteiger charge is 2.44. The maximum Gasteiger partial charge on any atom is 0.134 e. The molecule has 2 aromatic rings. The molecule has 2 nitrogen and oxygen atoms in total. The number of rotatable bonds is 2. The fourth-order valence-electron chi connectivity index (χ4n) is 2.78. The first kappa shape index (κ1) is 11.2. The van der Waals surface area contributed by atoms with Gasteiger partial charge in [0, 0.05) is 0 Å². The lowest BCUT2D eigenvalue weighted by Gasteiger charge is -2.30. The van der Waals surface area contributed by atoms with E-state index in [1.54, 1.807) is 6.08 Å². The minimum absolute atomic E-state index is 0.526. The zero-order chi connectivity index (χ0) is 12.8. The quantitative estimate of drug-likeness (QED) is 0.788. The molecule has 3 N–H and O–H groups in total. The Balaban J connectivity index is 2.37. The van der Waals surface area contributed by atoms with E-state index < -0.39 is 11.6 Å². The van der Waals surface area contributed by atoms with Crippen LogP contribution >= 0.6 is 0 Å². The summed E-state index contributed by atoms with van der Waals surface area (Å²) in [5.41, 5.74) is 8.72. The van der Waals surface area contributed by atoms with Crippen molar-refractivity contribution >= 4 is 0 Å². The Morgan fingerprint density at radius 3 is 1.89 bits per heavy atom. The average Bonchev–Trinajstić information content (AvgIpc) is 2.70. The first-order valence-electron chi connectivity index (χ1n) is 5.99. The molecule has 0 aromatic heterocycles. The summed E-state index contributed by atoms with van der Waals surface area (Å²) in [6.45, 7) is 3.71. The highest BCUT2D eigenvalue weighted by Crippen LogP contribution is 2.48. The van der Waals surface area contributed by atoms with Crippen molar-refractivity contribution in [3.63, 3.8) is 0 Å². The molecule has 0 saturated heterocycles. The van der Waals surface area contributed by atoms with Crippen LogP contribution in [0.3, 0.4) is 0 Å². The fourth-order valence-corrected chi connectivity index (χ4v) is 2.78. The Kier molecular flexibility index (Phi) is 2.37. The van der Waals surface area contributed by atoms with Gasteiger partial charge >= 0.3 is 0 Å². The number of hydrogen-bond donors (Lipinski definition) is 2. The minimum Gasteiger partial charge on any atom is -0.378 e. The van der Waals surface area contributed by atoms with E-state index in [1.165, 1.54) is 0 Å². The molecule has 0 radical (unpaired) electrons. The van der Waals surface area contributed by atoms with Crippen LogP contribution in [0, 0.1) is 0 Å². The monoisotopic (exact) mass is 237 g/mol. The lowest BCUT2D eigenvalue weighted by molar-refractivity contribution is 0.0719. The lowest BCUT2D eigenvalue weighted by Crippen LogP contribution is -2.43. The molecule has 0 spiro atoms. The summed E-state index contributed by atoms with van der Waals surface area (Å²) in [5.74, 6) is 0. The van der Waals surface area contributed by atoms with Crippen molar-refractivity contribution in [3.8, 4) is 11.1 Å². The van der Waals surface area contributed by atoms with Crippen LogP contribution in [0.15, 0.2) is 61.2 Å². The topological polar surface area (TPSA) is 46.2 Å². The van der Waals surface area contributed by atoms with Gasteiger partial charge < -0.3 is 10.8 Å². The molecule has 0 saturated carbocycles. The van der Waals surface area contributed by atoms with Gasteiger partial charge in [0.25, 0.3) is 0 Å². The van der Waals surface area contributed by atoms with Gasteiger partial charge in [0.05, 0.1) is 6.04 Å². The van der Waals surface area contributed by atoms with Crippen molar-refractivity contribution in [2.75, 3.05) is 0 Å². The SMILES string of the molecule is C=CC(N)C1(O)c2ccccc2-c2ccccc21. The second-order valence-electron chi connectivity index (χ2n) is 4.62. The minimum atomic E-state index is -1.17. The number of fused-ring (bicyclic) bond motifs is 3. The summed E-state index contributed by atoms with van der Waals surface area (Å²) in [6, 6.07) is 15.2. The molecule has 1 unspecified atom stereocenters. The summed E-state index contributed by atoms with van der Waals surface area (Å²) in [7, 11) is 0. The summed E-state index contributed by atoms with van der Waals surface area (Å²) in [6.07, 6.45) is 1.60. The molecule has 0 amide bonds. The van der Waals surface area contributed by atoms with Crippen LogP contribution in [0.4, 0.5) is 0 Å². The van der Waals surface area contributed by atoms with E-state index in [0.717, 1.165) is 22.3 Å². The summed E-state index contributed by atoms with van der Waals surface area (Å²) < 4.78 is 0. The van der Waals surface area contributed by atoms with Gasteiger partial charge in [0.1, 0.15) is 5.60 Å². The van der Waals surface area contributed by atoms with Crippen LogP contribution in [0.25, 0.3) is 11.1 Å². The predicted molar refractivity (Wildman–Crippen MR) is 73.0 cm³/mol. The van der Waals surface area contributed by atoms with Crippen LogP contribution in [-0.2, 0) is 5.60 Å². The van der Waals surface area contributed by atoms with E-state index >= 15 is 0 Å². The molecule has 0 aliphatic heterocycles. The first-order valence-corrected chi connectivity index (χ1v) is 5.99. The zero-order valence-electron chi connectivity index (χ0n) is 10.0. The summed E-state index contributed by atoms with van der Waals surface area (Å²) >= 11 is 0.